The molecule has 0 saturated carbocycles. The first kappa shape index (κ1) is 26.8. The molecule has 0 aliphatic carbocycles. The van der Waals surface area contributed by atoms with Gasteiger partial charge in [-0.05, 0) is 87.9 Å². The second-order valence-electron chi connectivity index (χ2n) is 10.8. The van der Waals surface area contributed by atoms with Gasteiger partial charge < -0.3 is 24.1 Å². The molecule has 0 bridgehead atoms. The number of rotatable bonds is 10. The molecule has 0 radical (unpaired) electrons. The molecule has 1 amide bonds. The molecule has 1 saturated heterocycles. The van der Waals surface area contributed by atoms with Crippen molar-refractivity contribution in [3.05, 3.63) is 65.5 Å². The summed E-state index contributed by atoms with van der Waals surface area (Å²) in [4.78, 5) is 24.9. The number of hydrogen-bond acceptors (Lipinski definition) is 6. The van der Waals surface area contributed by atoms with Gasteiger partial charge in [-0.15, -0.1) is 0 Å². The number of amides is 1. The number of aromatic amines is 1. The number of nitrogens with one attached hydrogen (secondary N) is 1. The third-order valence-corrected chi connectivity index (χ3v) is 7.74. The van der Waals surface area contributed by atoms with E-state index in [2.05, 4.69) is 44.1 Å². The number of carbonyl (C=O) groups excluding carboxylic acids is 1. The maximum Gasteiger partial charge on any atom is 0.289 e. The van der Waals surface area contributed by atoms with Gasteiger partial charge in [-0.1, -0.05) is 0 Å². The highest BCUT2D eigenvalue weighted by molar-refractivity contribution is 5.96. The van der Waals surface area contributed by atoms with Gasteiger partial charge >= 0.3 is 0 Å². The van der Waals surface area contributed by atoms with E-state index in [0.29, 0.717) is 17.9 Å². The van der Waals surface area contributed by atoms with Crippen LogP contribution in [0.2, 0.25) is 0 Å². The zero-order valence-corrected chi connectivity index (χ0v) is 23.2. The normalized spacial score (nSPS) is 14.4. The minimum atomic E-state index is -0.0835. The summed E-state index contributed by atoms with van der Waals surface area (Å²) < 4.78 is 5.89. The molecule has 5 rings (SSSR count). The van der Waals surface area contributed by atoms with E-state index in [1.807, 2.05) is 51.5 Å². The highest BCUT2D eigenvalue weighted by Crippen LogP contribution is 2.27. The lowest BCUT2D eigenvalue weighted by atomic mass is 10.1. The smallest absolute Gasteiger partial charge is 0.289 e. The Morgan fingerprint density at radius 3 is 2.62 bits per heavy atom. The fraction of sp³-hybridized carbons (Fsp3) is 0.419. The molecule has 8 nitrogen and oxygen atoms in total. The first-order valence-corrected chi connectivity index (χ1v) is 13.8. The van der Waals surface area contributed by atoms with Gasteiger partial charge in [0.25, 0.3) is 5.91 Å². The Kier molecular flexibility index (Phi) is 8.20. The molecule has 3 heterocycles. The van der Waals surface area contributed by atoms with Gasteiger partial charge in [0, 0.05) is 74.5 Å². The van der Waals surface area contributed by atoms with Crippen molar-refractivity contribution in [1.29, 1.82) is 5.26 Å². The molecule has 4 aromatic rings. The molecule has 1 N–H and O–H groups in total. The molecule has 0 atom stereocenters. The Morgan fingerprint density at radius 1 is 1.03 bits per heavy atom. The standard InChI is InChI=1S/C31H38N6O2/c1-34(2)12-13-35(3)31(38)30-20-25-19-26(8-10-29(25)39-30)37-16-14-36(15-17-37)11-5-4-6-24-22-33-28-9-7-23(21-32)18-27(24)28/h7-10,18-20,22,33H,4-6,11-17H2,1-3H3. The molecular formula is C31H38N6O2. The first-order chi connectivity index (χ1) is 18.9. The quantitative estimate of drug-likeness (QED) is 0.305. The van der Waals surface area contributed by atoms with Crippen LogP contribution in [0, 0.1) is 11.3 Å². The highest BCUT2D eigenvalue weighted by atomic mass is 16.3. The third-order valence-electron chi connectivity index (χ3n) is 7.74. The first-order valence-electron chi connectivity index (χ1n) is 13.8. The monoisotopic (exact) mass is 526 g/mol. The fourth-order valence-electron chi connectivity index (χ4n) is 5.31. The molecule has 1 aliphatic heterocycles. The molecule has 2 aromatic heterocycles. The summed E-state index contributed by atoms with van der Waals surface area (Å²) in [5.41, 5.74) is 5.04. The predicted molar refractivity (Wildman–Crippen MR) is 156 cm³/mol. The maximum atomic E-state index is 12.8. The number of aromatic nitrogens is 1. The average molecular weight is 527 g/mol. The molecule has 1 aliphatic rings. The lowest BCUT2D eigenvalue weighted by Gasteiger charge is -2.36. The van der Waals surface area contributed by atoms with E-state index in [1.54, 1.807) is 4.90 Å². The van der Waals surface area contributed by atoms with Gasteiger partial charge in [-0.25, -0.2) is 0 Å². The van der Waals surface area contributed by atoms with Gasteiger partial charge in [0.15, 0.2) is 5.76 Å². The maximum absolute atomic E-state index is 12.8. The van der Waals surface area contributed by atoms with Crippen molar-refractivity contribution in [3.8, 4) is 6.07 Å². The van der Waals surface area contributed by atoms with Crippen LogP contribution < -0.4 is 4.90 Å². The van der Waals surface area contributed by atoms with E-state index >= 15 is 0 Å². The average Bonchev–Trinajstić information content (AvgIpc) is 3.57. The molecule has 0 spiro atoms. The third kappa shape index (κ3) is 6.27. The minimum Gasteiger partial charge on any atom is -0.451 e. The van der Waals surface area contributed by atoms with Crippen LogP contribution in [0.4, 0.5) is 5.69 Å². The van der Waals surface area contributed by atoms with Crippen LogP contribution in [0.1, 0.15) is 34.5 Å². The number of fused-ring (bicyclic) bond motifs is 2. The van der Waals surface area contributed by atoms with Crippen LogP contribution in [0.15, 0.2) is 53.1 Å². The van der Waals surface area contributed by atoms with Crippen molar-refractivity contribution in [1.82, 2.24) is 19.7 Å². The van der Waals surface area contributed by atoms with Crippen molar-refractivity contribution >= 4 is 33.5 Å². The largest absolute Gasteiger partial charge is 0.451 e. The Hall–Kier alpha value is -3.80. The van der Waals surface area contributed by atoms with Crippen molar-refractivity contribution in [2.75, 3.05) is 71.9 Å². The molecule has 0 unspecified atom stereocenters. The van der Waals surface area contributed by atoms with Crippen LogP contribution >= 0.6 is 0 Å². The molecule has 204 valence electrons. The Balaban J connectivity index is 1.10. The van der Waals surface area contributed by atoms with Gasteiger partial charge in [-0.2, -0.15) is 5.26 Å². The molecule has 1 fully saturated rings. The number of hydrogen-bond donors (Lipinski definition) is 1. The number of anilines is 1. The number of benzene rings is 2. The van der Waals surface area contributed by atoms with Crippen molar-refractivity contribution < 1.29 is 9.21 Å². The van der Waals surface area contributed by atoms with Gasteiger partial charge in [-0.3, -0.25) is 9.69 Å². The van der Waals surface area contributed by atoms with E-state index in [9.17, 15) is 10.1 Å². The summed E-state index contributed by atoms with van der Waals surface area (Å²) in [5.74, 6) is 0.311. The second-order valence-corrected chi connectivity index (χ2v) is 10.8. The number of nitrogens with zero attached hydrogens (tertiary/aromatic N) is 5. The lowest BCUT2D eigenvalue weighted by Crippen LogP contribution is -2.46. The zero-order chi connectivity index (χ0) is 27.4. The summed E-state index contributed by atoms with van der Waals surface area (Å²) in [5, 5.41) is 11.3. The Bertz CT molecular complexity index is 1470. The summed E-state index contributed by atoms with van der Waals surface area (Å²) in [7, 11) is 5.82. The van der Waals surface area contributed by atoms with Gasteiger partial charge in [0.2, 0.25) is 0 Å². The van der Waals surface area contributed by atoms with Crippen molar-refractivity contribution in [3.63, 3.8) is 0 Å². The second kappa shape index (κ2) is 11.9. The van der Waals surface area contributed by atoms with Gasteiger partial charge in [0.1, 0.15) is 5.58 Å². The van der Waals surface area contributed by atoms with E-state index in [1.165, 1.54) is 16.6 Å². The number of piperazine rings is 1. The van der Waals surface area contributed by atoms with Crippen LogP contribution in [-0.4, -0.2) is 92.5 Å². The topological polar surface area (TPSA) is 82.8 Å². The van der Waals surface area contributed by atoms with E-state index in [-0.39, 0.29) is 5.91 Å². The summed E-state index contributed by atoms with van der Waals surface area (Å²) >= 11 is 0. The van der Waals surface area contributed by atoms with Crippen molar-refractivity contribution in [2.45, 2.75) is 19.3 Å². The van der Waals surface area contributed by atoms with Crippen LogP contribution in [0.3, 0.4) is 0 Å². The molecule has 2 aromatic carbocycles. The van der Waals surface area contributed by atoms with Crippen molar-refractivity contribution in [2.24, 2.45) is 0 Å². The Labute approximate surface area is 230 Å². The van der Waals surface area contributed by atoms with E-state index < -0.39 is 0 Å². The highest BCUT2D eigenvalue weighted by Gasteiger charge is 2.20. The molecule has 8 heteroatoms. The SMILES string of the molecule is CN(C)CCN(C)C(=O)c1cc2cc(N3CCN(CCCCc4c[nH]c5ccc(C#N)cc45)CC3)ccc2o1. The summed E-state index contributed by atoms with van der Waals surface area (Å²) in [6, 6.07) is 16.2. The number of carbonyl (C=O) groups is 1. The fourth-order valence-corrected chi connectivity index (χ4v) is 5.31. The van der Waals surface area contributed by atoms with Crippen LogP contribution in [-0.2, 0) is 6.42 Å². The number of H-pyrrole nitrogens is 1. The summed E-state index contributed by atoms with van der Waals surface area (Å²) in [6.07, 6.45) is 5.40. The number of unbranched alkanes of at least 4 members (excludes halogenated alkanes) is 1. The van der Waals surface area contributed by atoms with E-state index in [4.69, 9.17) is 4.42 Å². The minimum absolute atomic E-state index is 0.0835. The lowest BCUT2D eigenvalue weighted by molar-refractivity contribution is 0.0757. The molecular weight excluding hydrogens is 488 g/mol. The van der Waals surface area contributed by atoms with E-state index in [0.717, 1.165) is 75.0 Å². The number of furan rings is 1. The summed E-state index contributed by atoms with van der Waals surface area (Å²) in [6.45, 7) is 6.64. The number of aryl methyl sites for hydroxylation is 1. The number of nitriles is 1. The Morgan fingerprint density at radius 2 is 1.85 bits per heavy atom. The number of likely N-dealkylation sites (N-methyl/N-ethyl adjacent to an activating group) is 2. The predicted octanol–water partition coefficient (Wildman–Crippen LogP) is 4.56. The van der Waals surface area contributed by atoms with Crippen LogP contribution in [0.25, 0.3) is 21.9 Å². The van der Waals surface area contributed by atoms with Gasteiger partial charge in [0.05, 0.1) is 11.6 Å². The molecule has 39 heavy (non-hydrogen) atoms. The zero-order valence-electron chi connectivity index (χ0n) is 23.2. The van der Waals surface area contributed by atoms with Crippen LogP contribution in [0.5, 0.6) is 0 Å².